The number of rotatable bonds is 2. The molecule has 2 rings (SSSR count). The van der Waals surface area contributed by atoms with Crippen molar-refractivity contribution in [1.82, 2.24) is 0 Å². The topological polar surface area (TPSA) is 38.0 Å². The van der Waals surface area contributed by atoms with Crippen LogP contribution < -0.4 is 11.1 Å². The summed E-state index contributed by atoms with van der Waals surface area (Å²) in [5, 5.41) is 3.37. The number of hydrogen-bond donors (Lipinski definition) is 2. The van der Waals surface area contributed by atoms with E-state index in [-0.39, 0.29) is 0 Å². The van der Waals surface area contributed by atoms with Crippen LogP contribution in [0, 0.1) is 13.8 Å². The Hall–Kier alpha value is -1.96. The first-order valence-corrected chi connectivity index (χ1v) is 5.35. The molecule has 0 radical (unpaired) electrons. The van der Waals surface area contributed by atoms with Crippen LogP contribution in [-0.2, 0) is 0 Å². The number of hydrogen-bond acceptors (Lipinski definition) is 2. The molecule has 0 aliphatic heterocycles. The molecule has 0 aliphatic rings. The molecule has 0 saturated heterocycles. The molecule has 0 bridgehead atoms. The molecule has 0 spiro atoms. The Bertz CT molecular complexity index is 484. The van der Waals surface area contributed by atoms with Gasteiger partial charge in [0.25, 0.3) is 0 Å². The zero-order chi connectivity index (χ0) is 11.5. The summed E-state index contributed by atoms with van der Waals surface area (Å²) in [6.45, 7) is 4.13. The van der Waals surface area contributed by atoms with Gasteiger partial charge in [-0.2, -0.15) is 0 Å². The van der Waals surface area contributed by atoms with Gasteiger partial charge in [0, 0.05) is 17.1 Å². The lowest BCUT2D eigenvalue weighted by atomic mass is 10.1. The summed E-state index contributed by atoms with van der Waals surface area (Å²) >= 11 is 0. The van der Waals surface area contributed by atoms with Gasteiger partial charge in [-0.15, -0.1) is 0 Å². The maximum Gasteiger partial charge on any atom is 0.0413 e. The summed E-state index contributed by atoms with van der Waals surface area (Å²) < 4.78 is 0. The Morgan fingerprint density at radius 3 is 2.44 bits per heavy atom. The summed E-state index contributed by atoms with van der Waals surface area (Å²) in [6, 6.07) is 14.2. The molecule has 2 aromatic carbocycles. The quantitative estimate of drug-likeness (QED) is 0.746. The fourth-order valence-corrected chi connectivity index (χ4v) is 1.75. The van der Waals surface area contributed by atoms with E-state index in [0.717, 1.165) is 22.6 Å². The summed E-state index contributed by atoms with van der Waals surface area (Å²) in [7, 11) is 0. The average Bonchev–Trinajstić information content (AvgIpc) is 2.20. The van der Waals surface area contributed by atoms with Gasteiger partial charge in [0.1, 0.15) is 0 Å². The van der Waals surface area contributed by atoms with E-state index in [4.69, 9.17) is 5.73 Å². The molecule has 2 heteroatoms. The Labute approximate surface area is 96.1 Å². The van der Waals surface area contributed by atoms with Gasteiger partial charge in [0.05, 0.1) is 0 Å². The second kappa shape index (κ2) is 4.27. The second-order valence-electron chi connectivity index (χ2n) is 4.07. The van der Waals surface area contributed by atoms with E-state index >= 15 is 0 Å². The predicted molar refractivity (Wildman–Crippen MR) is 70.1 cm³/mol. The Kier molecular flexibility index (Phi) is 2.82. The second-order valence-corrected chi connectivity index (χ2v) is 4.07. The number of nitrogens with one attached hydrogen (secondary N) is 1. The summed E-state index contributed by atoms with van der Waals surface area (Å²) in [4.78, 5) is 0. The largest absolute Gasteiger partial charge is 0.399 e. The minimum atomic E-state index is 0.788. The molecule has 0 atom stereocenters. The van der Waals surface area contributed by atoms with Gasteiger partial charge in [-0.1, -0.05) is 18.2 Å². The number of benzene rings is 2. The number of anilines is 3. The van der Waals surface area contributed by atoms with E-state index in [9.17, 15) is 0 Å². The van der Waals surface area contributed by atoms with Crippen LogP contribution in [0.2, 0.25) is 0 Å². The molecule has 0 fully saturated rings. The highest BCUT2D eigenvalue weighted by Gasteiger charge is 1.99. The van der Waals surface area contributed by atoms with E-state index in [2.05, 4.69) is 30.4 Å². The van der Waals surface area contributed by atoms with Gasteiger partial charge >= 0.3 is 0 Å². The highest BCUT2D eigenvalue weighted by molar-refractivity contribution is 5.66. The van der Waals surface area contributed by atoms with Crippen LogP contribution in [0.5, 0.6) is 0 Å². The molecule has 0 amide bonds. The van der Waals surface area contributed by atoms with Crippen molar-refractivity contribution < 1.29 is 0 Å². The lowest BCUT2D eigenvalue weighted by Gasteiger charge is -2.10. The van der Waals surface area contributed by atoms with Crippen LogP contribution in [0.4, 0.5) is 17.1 Å². The fraction of sp³-hybridized carbons (Fsp3) is 0.143. The molecular weight excluding hydrogens is 196 g/mol. The average molecular weight is 212 g/mol. The van der Waals surface area contributed by atoms with Crippen molar-refractivity contribution in [3.63, 3.8) is 0 Å². The third-order valence-electron chi connectivity index (χ3n) is 2.52. The first-order valence-electron chi connectivity index (χ1n) is 5.35. The Morgan fingerprint density at radius 1 is 1.00 bits per heavy atom. The van der Waals surface area contributed by atoms with Crippen LogP contribution in [0.3, 0.4) is 0 Å². The summed E-state index contributed by atoms with van der Waals surface area (Å²) in [5.41, 5.74) is 11.1. The minimum Gasteiger partial charge on any atom is -0.399 e. The Balaban J connectivity index is 2.30. The molecule has 2 aromatic rings. The number of nitrogens with two attached hydrogens (primary N) is 1. The molecule has 0 saturated carbocycles. The lowest BCUT2D eigenvalue weighted by Crippen LogP contribution is -1.95. The van der Waals surface area contributed by atoms with E-state index < -0.39 is 0 Å². The molecule has 0 aromatic heterocycles. The molecule has 16 heavy (non-hydrogen) atoms. The van der Waals surface area contributed by atoms with E-state index in [1.54, 1.807) is 0 Å². The van der Waals surface area contributed by atoms with Crippen molar-refractivity contribution >= 4 is 17.1 Å². The van der Waals surface area contributed by atoms with Crippen LogP contribution in [0.25, 0.3) is 0 Å². The van der Waals surface area contributed by atoms with Crippen molar-refractivity contribution in [2.45, 2.75) is 13.8 Å². The van der Waals surface area contributed by atoms with Gasteiger partial charge in [0.15, 0.2) is 0 Å². The van der Waals surface area contributed by atoms with Gasteiger partial charge in [-0.25, -0.2) is 0 Å². The standard InChI is InChI=1S/C14H16N2/c1-10-7-12(15)9-13(8-10)16-14-6-4-3-5-11(14)2/h3-9,16H,15H2,1-2H3. The highest BCUT2D eigenvalue weighted by atomic mass is 14.9. The van der Waals surface area contributed by atoms with Gasteiger partial charge in [-0.05, 0) is 49.2 Å². The van der Waals surface area contributed by atoms with Crippen LogP contribution in [0.15, 0.2) is 42.5 Å². The Morgan fingerprint density at radius 2 is 1.75 bits per heavy atom. The maximum absolute atomic E-state index is 5.81. The monoisotopic (exact) mass is 212 g/mol. The van der Waals surface area contributed by atoms with Crippen molar-refractivity contribution in [1.29, 1.82) is 0 Å². The zero-order valence-corrected chi connectivity index (χ0v) is 9.62. The molecule has 0 aliphatic carbocycles. The number of nitrogen functional groups attached to an aromatic ring is 1. The van der Waals surface area contributed by atoms with E-state index in [1.807, 2.05) is 31.2 Å². The SMILES string of the molecule is Cc1cc(N)cc(Nc2ccccc2C)c1. The van der Waals surface area contributed by atoms with Crippen molar-refractivity contribution in [3.05, 3.63) is 53.6 Å². The van der Waals surface area contributed by atoms with E-state index in [0.29, 0.717) is 0 Å². The first-order chi connectivity index (χ1) is 7.65. The van der Waals surface area contributed by atoms with Gasteiger partial charge in [-0.3, -0.25) is 0 Å². The predicted octanol–water partition coefficient (Wildman–Crippen LogP) is 3.63. The van der Waals surface area contributed by atoms with Crippen LogP contribution in [-0.4, -0.2) is 0 Å². The van der Waals surface area contributed by atoms with Crippen molar-refractivity contribution in [2.75, 3.05) is 11.1 Å². The van der Waals surface area contributed by atoms with Crippen molar-refractivity contribution in [3.8, 4) is 0 Å². The molecule has 2 nitrogen and oxygen atoms in total. The molecular formula is C14H16N2. The third-order valence-corrected chi connectivity index (χ3v) is 2.52. The summed E-state index contributed by atoms with van der Waals surface area (Å²) in [5.74, 6) is 0. The van der Waals surface area contributed by atoms with Crippen molar-refractivity contribution in [2.24, 2.45) is 0 Å². The van der Waals surface area contributed by atoms with Gasteiger partial charge < -0.3 is 11.1 Å². The molecule has 82 valence electrons. The zero-order valence-electron chi connectivity index (χ0n) is 9.62. The molecule has 0 heterocycles. The fourth-order valence-electron chi connectivity index (χ4n) is 1.75. The maximum atomic E-state index is 5.81. The molecule has 0 unspecified atom stereocenters. The van der Waals surface area contributed by atoms with Crippen LogP contribution in [0.1, 0.15) is 11.1 Å². The smallest absolute Gasteiger partial charge is 0.0413 e. The molecule has 3 N–H and O–H groups in total. The highest BCUT2D eigenvalue weighted by Crippen LogP contribution is 2.22. The van der Waals surface area contributed by atoms with E-state index in [1.165, 1.54) is 5.56 Å². The van der Waals surface area contributed by atoms with Crippen LogP contribution >= 0.6 is 0 Å². The third kappa shape index (κ3) is 2.34. The van der Waals surface area contributed by atoms with Gasteiger partial charge in [0.2, 0.25) is 0 Å². The number of aryl methyl sites for hydroxylation is 2. The summed E-state index contributed by atoms with van der Waals surface area (Å²) in [6.07, 6.45) is 0. The first kappa shape index (κ1) is 10.6. The normalized spacial score (nSPS) is 10.1. The number of para-hydroxylation sites is 1. The lowest BCUT2D eigenvalue weighted by molar-refractivity contribution is 1.41. The minimum absolute atomic E-state index is 0.788.